The van der Waals surface area contributed by atoms with Crippen LogP contribution in [0.15, 0.2) is 24.3 Å². The Morgan fingerprint density at radius 2 is 2.00 bits per heavy atom. The molecule has 1 aromatic heterocycles. The molecule has 1 fully saturated rings. The second-order valence-electron chi connectivity index (χ2n) is 6.02. The maximum atomic E-state index is 4.93. The first kappa shape index (κ1) is 13.4. The van der Waals surface area contributed by atoms with Crippen molar-refractivity contribution in [2.45, 2.75) is 51.9 Å². The topological polar surface area (TPSA) is 24.9 Å². The van der Waals surface area contributed by atoms with E-state index in [1.807, 2.05) is 0 Å². The second kappa shape index (κ2) is 5.82. The maximum Gasteiger partial charge on any atom is 0.0726 e. The molecule has 0 saturated heterocycles. The molecule has 2 aromatic rings. The largest absolute Gasteiger partial charge is 0.384 e. The Morgan fingerprint density at radius 1 is 1.20 bits per heavy atom. The van der Waals surface area contributed by atoms with Crippen LogP contribution >= 0.6 is 0 Å². The zero-order valence-corrected chi connectivity index (χ0v) is 12.6. The number of aromatic nitrogens is 1. The molecule has 106 valence electrons. The van der Waals surface area contributed by atoms with Crippen molar-refractivity contribution in [1.82, 2.24) is 4.98 Å². The molecule has 1 aromatic carbocycles. The molecule has 0 aliphatic heterocycles. The summed E-state index contributed by atoms with van der Waals surface area (Å²) in [5.41, 5.74) is 4.99. The standard InChI is InChI=1S/C18H24N2/c1-3-10-19-18-12-17(14-6-4-5-7-14)20-16-9-8-13(2)11-15(16)18/h8-9,11-12,14H,3-7,10H2,1-2H3,(H,19,20). The van der Waals surface area contributed by atoms with Crippen molar-refractivity contribution in [1.29, 1.82) is 0 Å². The van der Waals surface area contributed by atoms with Gasteiger partial charge in [-0.1, -0.05) is 31.4 Å². The Balaban J connectivity index is 2.06. The normalized spacial score (nSPS) is 15.9. The molecule has 1 aliphatic rings. The highest BCUT2D eigenvalue weighted by atomic mass is 14.9. The fraction of sp³-hybridized carbons (Fsp3) is 0.500. The Bertz CT molecular complexity index is 598. The summed E-state index contributed by atoms with van der Waals surface area (Å²) in [7, 11) is 0. The minimum atomic E-state index is 0.669. The fourth-order valence-corrected chi connectivity index (χ4v) is 3.20. The van der Waals surface area contributed by atoms with Crippen LogP contribution in [0.25, 0.3) is 10.9 Å². The Kier molecular flexibility index (Phi) is 3.90. The van der Waals surface area contributed by atoms with Crippen LogP contribution in [0.3, 0.4) is 0 Å². The SMILES string of the molecule is CCCNc1cc(C2CCCC2)nc2ccc(C)cc12. The number of hydrogen-bond acceptors (Lipinski definition) is 2. The molecule has 0 spiro atoms. The molecule has 2 heteroatoms. The van der Waals surface area contributed by atoms with Crippen LogP contribution in [0.5, 0.6) is 0 Å². The molecule has 0 unspecified atom stereocenters. The van der Waals surface area contributed by atoms with Gasteiger partial charge < -0.3 is 5.32 Å². The van der Waals surface area contributed by atoms with Crippen molar-refractivity contribution in [3.05, 3.63) is 35.5 Å². The summed E-state index contributed by atoms with van der Waals surface area (Å²) in [6.07, 6.45) is 6.47. The monoisotopic (exact) mass is 268 g/mol. The average molecular weight is 268 g/mol. The van der Waals surface area contributed by atoms with E-state index in [2.05, 4.69) is 43.4 Å². The van der Waals surface area contributed by atoms with Crippen molar-refractivity contribution in [3.8, 4) is 0 Å². The van der Waals surface area contributed by atoms with Crippen LogP contribution in [0.4, 0.5) is 5.69 Å². The van der Waals surface area contributed by atoms with Crippen molar-refractivity contribution in [3.63, 3.8) is 0 Å². The van der Waals surface area contributed by atoms with Crippen molar-refractivity contribution in [2.24, 2.45) is 0 Å². The van der Waals surface area contributed by atoms with Crippen molar-refractivity contribution < 1.29 is 0 Å². The highest BCUT2D eigenvalue weighted by Crippen LogP contribution is 2.36. The number of anilines is 1. The third-order valence-electron chi connectivity index (χ3n) is 4.32. The first-order valence-corrected chi connectivity index (χ1v) is 7.93. The summed E-state index contributed by atoms with van der Waals surface area (Å²) in [4.78, 5) is 4.93. The van der Waals surface area contributed by atoms with Crippen LogP contribution in [0, 0.1) is 6.92 Å². The van der Waals surface area contributed by atoms with Gasteiger partial charge in [-0.15, -0.1) is 0 Å². The molecule has 0 bridgehead atoms. The predicted octanol–water partition coefficient (Wildman–Crippen LogP) is 5.02. The van der Waals surface area contributed by atoms with Crippen molar-refractivity contribution >= 4 is 16.6 Å². The van der Waals surface area contributed by atoms with E-state index < -0.39 is 0 Å². The lowest BCUT2D eigenvalue weighted by molar-refractivity contribution is 0.701. The summed E-state index contributed by atoms with van der Waals surface area (Å²) < 4.78 is 0. The molecule has 0 amide bonds. The maximum absolute atomic E-state index is 4.93. The zero-order valence-electron chi connectivity index (χ0n) is 12.6. The lowest BCUT2D eigenvalue weighted by Crippen LogP contribution is -2.04. The van der Waals surface area contributed by atoms with E-state index in [9.17, 15) is 0 Å². The Morgan fingerprint density at radius 3 is 2.75 bits per heavy atom. The molecule has 0 radical (unpaired) electrons. The van der Waals surface area contributed by atoms with E-state index >= 15 is 0 Å². The third kappa shape index (κ3) is 2.65. The number of fused-ring (bicyclic) bond motifs is 1. The summed E-state index contributed by atoms with van der Waals surface area (Å²) in [5, 5.41) is 4.85. The highest BCUT2D eigenvalue weighted by molar-refractivity contribution is 5.92. The van der Waals surface area contributed by atoms with Crippen LogP contribution in [-0.4, -0.2) is 11.5 Å². The number of hydrogen-bond donors (Lipinski definition) is 1. The molecule has 20 heavy (non-hydrogen) atoms. The van der Waals surface area contributed by atoms with Crippen LogP contribution in [0.1, 0.15) is 56.2 Å². The highest BCUT2D eigenvalue weighted by Gasteiger charge is 2.19. The van der Waals surface area contributed by atoms with Gasteiger partial charge in [0.25, 0.3) is 0 Å². The molecular weight excluding hydrogens is 244 g/mol. The predicted molar refractivity (Wildman–Crippen MR) is 86.5 cm³/mol. The number of rotatable bonds is 4. The molecular formula is C18H24N2. The smallest absolute Gasteiger partial charge is 0.0726 e. The van der Waals surface area contributed by atoms with Gasteiger partial charge in [-0.25, -0.2) is 0 Å². The number of aryl methyl sites for hydroxylation is 1. The van der Waals surface area contributed by atoms with E-state index in [0.29, 0.717) is 5.92 Å². The van der Waals surface area contributed by atoms with Crippen LogP contribution < -0.4 is 5.32 Å². The van der Waals surface area contributed by atoms with E-state index in [1.165, 1.54) is 48.0 Å². The lowest BCUT2D eigenvalue weighted by atomic mass is 10.0. The molecule has 1 heterocycles. The van der Waals surface area contributed by atoms with E-state index in [0.717, 1.165) is 18.5 Å². The minimum Gasteiger partial charge on any atom is -0.384 e. The van der Waals surface area contributed by atoms with E-state index in [-0.39, 0.29) is 0 Å². The van der Waals surface area contributed by atoms with Gasteiger partial charge in [0.05, 0.1) is 5.52 Å². The van der Waals surface area contributed by atoms with Crippen LogP contribution in [0.2, 0.25) is 0 Å². The van der Waals surface area contributed by atoms with Gasteiger partial charge >= 0.3 is 0 Å². The van der Waals surface area contributed by atoms with E-state index in [1.54, 1.807) is 0 Å². The third-order valence-corrected chi connectivity index (χ3v) is 4.32. The minimum absolute atomic E-state index is 0.669. The van der Waals surface area contributed by atoms with Gasteiger partial charge in [0.1, 0.15) is 0 Å². The molecule has 3 rings (SSSR count). The number of nitrogens with zero attached hydrogens (tertiary/aromatic N) is 1. The Labute approximate surface area is 121 Å². The molecule has 1 aliphatic carbocycles. The fourth-order valence-electron chi connectivity index (χ4n) is 3.20. The van der Waals surface area contributed by atoms with Crippen LogP contribution in [-0.2, 0) is 0 Å². The summed E-state index contributed by atoms with van der Waals surface area (Å²) in [5.74, 6) is 0.669. The molecule has 0 atom stereocenters. The van der Waals surface area contributed by atoms with Gasteiger partial charge in [-0.05, 0) is 44.4 Å². The average Bonchev–Trinajstić information content (AvgIpc) is 2.99. The summed E-state index contributed by atoms with van der Waals surface area (Å²) >= 11 is 0. The lowest BCUT2D eigenvalue weighted by Gasteiger charge is -2.15. The van der Waals surface area contributed by atoms with Gasteiger partial charge in [0.2, 0.25) is 0 Å². The Hall–Kier alpha value is -1.57. The quantitative estimate of drug-likeness (QED) is 0.842. The molecule has 1 saturated carbocycles. The van der Waals surface area contributed by atoms with E-state index in [4.69, 9.17) is 4.98 Å². The van der Waals surface area contributed by atoms with Gasteiger partial charge in [-0.3, -0.25) is 4.98 Å². The van der Waals surface area contributed by atoms with Crippen molar-refractivity contribution in [2.75, 3.05) is 11.9 Å². The number of pyridine rings is 1. The summed E-state index contributed by atoms with van der Waals surface area (Å²) in [6, 6.07) is 8.88. The first-order valence-electron chi connectivity index (χ1n) is 7.93. The van der Waals surface area contributed by atoms with Gasteiger partial charge in [0, 0.05) is 29.2 Å². The second-order valence-corrected chi connectivity index (χ2v) is 6.02. The molecule has 2 nitrogen and oxygen atoms in total. The number of nitrogens with one attached hydrogen (secondary N) is 1. The number of benzene rings is 1. The van der Waals surface area contributed by atoms with Gasteiger partial charge in [0.15, 0.2) is 0 Å². The first-order chi connectivity index (χ1) is 9.78. The van der Waals surface area contributed by atoms with Gasteiger partial charge in [-0.2, -0.15) is 0 Å². The zero-order chi connectivity index (χ0) is 13.9. The molecule has 1 N–H and O–H groups in total. The summed E-state index contributed by atoms with van der Waals surface area (Å²) in [6.45, 7) is 5.38.